The Morgan fingerprint density at radius 3 is 2.76 bits per heavy atom. The highest BCUT2D eigenvalue weighted by atomic mass is 15.2. The standard InChI is InChI=1S/C14H21N3/c1-10-9-14(16-11(2)15-10)17-8-7-12-5-3-4-6-13(12)17/h9,12-13H,3-8H2,1-2H3. The van der Waals surface area contributed by atoms with E-state index in [1.165, 1.54) is 38.6 Å². The van der Waals surface area contributed by atoms with Crippen molar-refractivity contribution in [3.63, 3.8) is 0 Å². The van der Waals surface area contributed by atoms with E-state index in [9.17, 15) is 0 Å². The van der Waals surface area contributed by atoms with E-state index in [1.54, 1.807) is 0 Å². The summed E-state index contributed by atoms with van der Waals surface area (Å²) >= 11 is 0. The molecular weight excluding hydrogens is 210 g/mol. The zero-order valence-corrected chi connectivity index (χ0v) is 10.8. The number of fused-ring (bicyclic) bond motifs is 1. The van der Waals surface area contributed by atoms with Gasteiger partial charge in [-0.15, -0.1) is 0 Å². The van der Waals surface area contributed by atoms with Crippen LogP contribution in [-0.2, 0) is 0 Å². The Hall–Kier alpha value is -1.12. The zero-order valence-electron chi connectivity index (χ0n) is 10.8. The molecule has 2 atom stereocenters. The van der Waals surface area contributed by atoms with E-state index in [0.717, 1.165) is 29.3 Å². The third-order valence-electron chi connectivity index (χ3n) is 4.26. The monoisotopic (exact) mass is 231 g/mol. The third kappa shape index (κ3) is 2.03. The fourth-order valence-electron chi connectivity index (χ4n) is 3.53. The molecule has 0 bridgehead atoms. The topological polar surface area (TPSA) is 29.0 Å². The van der Waals surface area contributed by atoms with Gasteiger partial charge in [0.15, 0.2) is 0 Å². The minimum absolute atomic E-state index is 0.748. The molecule has 2 aliphatic rings. The first kappa shape index (κ1) is 11.0. The van der Waals surface area contributed by atoms with E-state index < -0.39 is 0 Å². The van der Waals surface area contributed by atoms with E-state index in [2.05, 4.69) is 27.9 Å². The van der Waals surface area contributed by atoms with Crippen molar-refractivity contribution in [2.45, 2.75) is 52.0 Å². The van der Waals surface area contributed by atoms with Crippen molar-refractivity contribution in [3.8, 4) is 0 Å². The Balaban J connectivity index is 1.88. The van der Waals surface area contributed by atoms with Gasteiger partial charge in [-0.3, -0.25) is 0 Å². The molecule has 1 aliphatic heterocycles. The molecule has 2 fully saturated rings. The molecule has 0 N–H and O–H groups in total. The Morgan fingerprint density at radius 2 is 1.94 bits per heavy atom. The first-order chi connectivity index (χ1) is 8.24. The van der Waals surface area contributed by atoms with Gasteiger partial charge in [0.1, 0.15) is 11.6 Å². The fraction of sp³-hybridized carbons (Fsp3) is 0.714. The Morgan fingerprint density at radius 1 is 1.12 bits per heavy atom. The number of aryl methyl sites for hydroxylation is 2. The van der Waals surface area contributed by atoms with Gasteiger partial charge in [0.2, 0.25) is 0 Å². The van der Waals surface area contributed by atoms with Crippen LogP contribution in [0.1, 0.15) is 43.6 Å². The lowest BCUT2D eigenvalue weighted by Crippen LogP contribution is -2.35. The van der Waals surface area contributed by atoms with E-state index in [1.807, 2.05) is 6.92 Å². The fourth-order valence-corrected chi connectivity index (χ4v) is 3.53. The molecule has 0 radical (unpaired) electrons. The molecule has 3 nitrogen and oxygen atoms in total. The summed E-state index contributed by atoms with van der Waals surface area (Å²) in [6, 6.07) is 2.89. The van der Waals surface area contributed by atoms with Gasteiger partial charge in [0.25, 0.3) is 0 Å². The average Bonchev–Trinajstić information content (AvgIpc) is 2.71. The van der Waals surface area contributed by atoms with Gasteiger partial charge >= 0.3 is 0 Å². The highest BCUT2D eigenvalue weighted by Crippen LogP contribution is 2.38. The molecule has 2 unspecified atom stereocenters. The first-order valence-electron chi connectivity index (χ1n) is 6.83. The molecule has 1 saturated carbocycles. The van der Waals surface area contributed by atoms with Gasteiger partial charge in [-0.05, 0) is 39.0 Å². The van der Waals surface area contributed by atoms with Crippen molar-refractivity contribution < 1.29 is 0 Å². The Kier molecular flexibility index (Phi) is 2.77. The quantitative estimate of drug-likeness (QED) is 0.744. The predicted molar refractivity (Wildman–Crippen MR) is 69.2 cm³/mol. The maximum Gasteiger partial charge on any atom is 0.132 e. The minimum atomic E-state index is 0.748. The second-order valence-corrected chi connectivity index (χ2v) is 5.51. The second-order valence-electron chi connectivity index (χ2n) is 5.51. The molecule has 1 aromatic rings. The molecule has 1 aliphatic carbocycles. The highest BCUT2D eigenvalue weighted by molar-refractivity contribution is 5.42. The largest absolute Gasteiger partial charge is 0.353 e. The van der Waals surface area contributed by atoms with Crippen LogP contribution in [0.25, 0.3) is 0 Å². The van der Waals surface area contributed by atoms with Crippen molar-refractivity contribution in [2.75, 3.05) is 11.4 Å². The molecule has 1 saturated heterocycles. The summed E-state index contributed by atoms with van der Waals surface area (Å²) in [7, 11) is 0. The number of rotatable bonds is 1. The van der Waals surface area contributed by atoms with Crippen LogP contribution in [0.2, 0.25) is 0 Å². The van der Waals surface area contributed by atoms with Crippen molar-refractivity contribution in [1.29, 1.82) is 0 Å². The SMILES string of the molecule is Cc1cc(N2CCC3CCCCC32)nc(C)n1. The number of aromatic nitrogens is 2. The average molecular weight is 231 g/mol. The van der Waals surface area contributed by atoms with Crippen LogP contribution < -0.4 is 4.90 Å². The van der Waals surface area contributed by atoms with Crippen LogP contribution in [0.3, 0.4) is 0 Å². The number of nitrogens with zero attached hydrogens (tertiary/aromatic N) is 3. The Labute approximate surface area is 103 Å². The molecule has 0 amide bonds. The maximum atomic E-state index is 4.62. The van der Waals surface area contributed by atoms with E-state index in [-0.39, 0.29) is 0 Å². The summed E-state index contributed by atoms with van der Waals surface area (Å²) in [5.74, 6) is 2.97. The number of hydrogen-bond donors (Lipinski definition) is 0. The van der Waals surface area contributed by atoms with Crippen LogP contribution in [0, 0.1) is 19.8 Å². The van der Waals surface area contributed by atoms with E-state index in [0.29, 0.717) is 0 Å². The van der Waals surface area contributed by atoms with Gasteiger partial charge in [-0.2, -0.15) is 0 Å². The minimum Gasteiger partial charge on any atom is -0.353 e. The number of anilines is 1. The molecule has 1 aromatic heterocycles. The third-order valence-corrected chi connectivity index (χ3v) is 4.26. The van der Waals surface area contributed by atoms with Crippen LogP contribution in [-0.4, -0.2) is 22.6 Å². The summed E-state index contributed by atoms with van der Waals surface area (Å²) in [6.07, 6.45) is 6.95. The summed E-state index contributed by atoms with van der Waals surface area (Å²) in [6.45, 7) is 5.24. The van der Waals surface area contributed by atoms with Crippen LogP contribution >= 0.6 is 0 Å². The molecule has 17 heavy (non-hydrogen) atoms. The molecule has 3 heteroatoms. The summed E-state index contributed by atoms with van der Waals surface area (Å²) < 4.78 is 0. The summed E-state index contributed by atoms with van der Waals surface area (Å²) in [5.41, 5.74) is 1.09. The van der Waals surface area contributed by atoms with Gasteiger partial charge in [0.05, 0.1) is 0 Å². The molecule has 0 spiro atoms. The van der Waals surface area contributed by atoms with Crippen molar-refractivity contribution in [1.82, 2.24) is 9.97 Å². The van der Waals surface area contributed by atoms with Gasteiger partial charge < -0.3 is 4.90 Å². The van der Waals surface area contributed by atoms with E-state index in [4.69, 9.17) is 0 Å². The molecule has 0 aromatic carbocycles. The molecule has 2 heterocycles. The molecular formula is C14H21N3. The van der Waals surface area contributed by atoms with Crippen LogP contribution in [0.4, 0.5) is 5.82 Å². The second kappa shape index (κ2) is 4.28. The Bertz CT molecular complexity index is 396. The smallest absolute Gasteiger partial charge is 0.132 e. The van der Waals surface area contributed by atoms with Gasteiger partial charge in [-0.25, -0.2) is 9.97 Å². The lowest BCUT2D eigenvalue weighted by atomic mass is 9.85. The van der Waals surface area contributed by atoms with Crippen molar-refractivity contribution in [3.05, 3.63) is 17.6 Å². The predicted octanol–water partition coefficient (Wildman–Crippen LogP) is 2.86. The lowest BCUT2D eigenvalue weighted by Gasteiger charge is -2.32. The van der Waals surface area contributed by atoms with Gasteiger partial charge in [0, 0.05) is 24.3 Å². The molecule has 92 valence electrons. The van der Waals surface area contributed by atoms with Crippen LogP contribution in [0.5, 0.6) is 0 Å². The van der Waals surface area contributed by atoms with Crippen molar-refractivity contribution in [2.24, 2.45) is 5.92 Å². The summed E-state index contributed by atoms with van der Waals surface area (Å²) in [5, 5.41) is 0. The summed E-state index contributed by atoms with van der Waals surface area (Å²) in [4.78, 5) is 11.5. The molecule has 3 rings (SSSR count). The zero-order chi connectivity index (χ0) is 11.8. The number of hydrogen-bond acceptors (Lipinski definition) is 3. The highest BCUT2D eigenvalue weighted by Gasteiger charge is 2.36. The maximum absolute atomic E-state index is 4.62. The first-order valence-corrected chi connectivity index (χ1v) is 6.83. The van der Waals surface area contributed by atoms with E-state index >= 15 is 0 Å². The van der Waals surface area contributed by atoms with Gasteiger partial charge in [-0.1, -0.05) is 12.8 Å². The van der Waals surface area contributed by atoms with Crippen LogP contribution in [0.15, 0.2) is 6.07 Å². The lowest BCUT2D eigenvalue weighted by molar-refractivity contribution is 0.341. The van der Waals surface area contributed by atoms with Crippen molar-refractivity contribution >= 4 is 5.82 Å². The normalized spacial score (nSPS) is 28.2.